The average molecular weight is 395 g/mol. The van der Waals surface area contributed by atoms with Crippen LogP contribution in [0.25, 0.3) is 0 Å². The van der Waals surface area contributed by atoms with Crippen LogP contribution in [-0.4, -0.2) is 16.1 Å². The molecule has 0 saturated heterocycles. The van der Waals surface area contributed by atoms with E-state index in [0.717, 1.165) is 0 Å². The average Bonchev–Trinajstić information content (AvgIpc) is 3.03. The third kappa shape index (κ3) is 3.24. The molecule has 0 amide bonds. The Kier molecular flexibility index (Phi) is 5.32. The van der Waals surface area contributed by atoms with Crippen LogP contribution in [0.2, 0.25) is 43.9 Å². The molecule has 0 spiro atoms. The number of rotatable bonds is 5. The SMILES string of the molecule is C[Si](C)(C)C1([Si](C)(C)C)C=CC=C1P(c1ccccc1)c1ccccc1. The molecule has 3 rings (SSSR count). The van der Waals surface area contributed by atoms with Crippen LogP contribution in [0.15, 0.2) is 84.2 Å². The van der Waals surface area contributed by atoms with Gasteiger partial charge in [-0.05, 0) is 23.8 Å². The molecular formula is C23H31PSi2. The summed E-state index contributed by atoms with van der Waals surface area (Å²) in [7, 11) is -3.46. The summed E-state index contributed by atoms with van der Waals surface area (Å²) in [4.78, 5) is 0. The predicted molar refractivity (Wildman–Crippen MR) is 126 cm³/mol. The molecule has 26 heavy (non-hydrogen) atoms. The van der Waals surface area contributed by atoms with E-state index in [1.165, 1.54) is 10.6 Å². The van der Waals surface area contributed by atoms with Gasteiger partial charge in [0.15, 0.2) is 0 Å². The number of allylic oxidation sites excluding steroid dienone is 4. The summed E-state index contributed by atoms with van der Waals surface area (Å²) in [6.45, 7) is 15.4. The van der Waals surface area contributed by atoms with Gasteiger partial charge in [0, 0.05) is 4.66 Å². The molecule has 0 nitrogen and oxygen atoms in total. The molecule has 0 unspecified atom stereocenters. The highest BCUT2D eigenvalue weighted by Crippen LogP contribution is 2.66. The smallest absolute Gasteiger partial charge is 0.0571 e. The van der Waals surface area contributed by atoms with Gasteiger partial charge in [-0.15, -0.1) is 0 Å². The molecule has 0 N–H and O–H groups in total. The number of hydrogen-bond acceptors (Lipinski definition) is 0. The second-order valence-corrected chi connectivity index (χ2v) is 22.5. The monoisotopic (exact) mass is 394 g/mol. The van der Waals surface area contributed by atoms with Gasteiger partial charge in [-0.2, -0.15) is 0 Å². The first-order valence-corrected chi connectivity index (χ1v) is 17.8. The van der Waals surface area contributed by atoms with Crippen LogP contribution in [0.3, 0.4) is 0 Å². The Bertz CT molecular complexity index is 755. The van der Waals surface area contributed by atoms with Crippen LogP contribution in [0, 0.1) is 0 Å². The Morgan fingerprint density at radius 1 is 0.654 bits per heavy atom. The summed E-state index contributed by atoms with van der Waals surface area (Å²) < 4.78 is 0.303. The van der Waals surface area contributed by atoms with E-state index in [-0.39, 0.29) is 0 Å². The van der Waals surface area contributed by atoms with Crippen molar-refractivity contribution in [1.82, 2.24) is 0 Å². The molecule has 1 aliphatic rings. The fourth-order valence-corrected chi connectivity index (χ4v) is 21.8. The van der Waals surface area contributed by atoms with E-state index in [0.29, 0.717) is 4.66 Å². The lowest BCUT2D eigenvalue weighted by atomic mass is 10.4. The number of benzene rings is 2. The molecule has 2 aromatic rings. The first kappa shape index (κ1) is 19.5. The molecule has 0 atom stereocenters. The maximum Gasteiger partial charge on any atom is 0.0571 e. The number of hydrogen-bond donors (Lipinski definition) is 0. The van der Waals surface area contributed by atoms with Crippen molar-refractivity contribution in [2.45, 2.75) is 43.9 Å². The van der Waals surface area contributed by atoms with E-state index in [1.807, 2.05) is 0 Å². The van der Waals surface area contributed by atoms with Crippen molar-refractivity contribution >= 4 is 34.7 Å². The maximum absolute atomic E-state index is 2.60. The van der Waals surface area contributed by atoms with Gasteiger partial charge in [0.25, 0.3) is 0 Å². The lowest BCUT2D eigenvalue weighted by Crippen LogP contribution is -2.54. The summed E-state index contributed by atoms with van der Waals surface area (Å²) in [5.41, 5.74) is 0. The van der Waals surface area contributed by atoms with Gasteiger partial charge in [-0.25, -0.2) is 0 Å². The van der Waals surface area contributed by atoms with Crippen molar-refractivity contribution < 1.29 is 0 Å². The van der Waals surface area contributed by atoms with Crippen LogP contribution in [0.5, 0.6) is 0 Å². The molecule has 0 saturated carbocycles. The fourth-order valence-electron chi connectivity index (χ4n) is 4.73. The zero-order valence-electron chi connectivity index (χ0n) is 17.0. The van der Waals surface area contributed by atoms with E-state index < -0.39 is 24.1 Å². The molecule has 136 valence electrons. The molecule has 0 aromatic heterocycles. The minimum Gasteiger partial charge on any atom is -0.0793 e. The van der Waals surface area contributed by atoms with Gasteiger partial charge in [-0.1, -0.05) is 118 Å². The molecule has 0 bridgehead atoms. The zero-order valence-corrected chi connectivity index (χ0v) is 19.8. The first-order chi connectivity index (χ1) is 12.2. The summed E-state index contributed by atoms with van der Waals surface area (Å²) >= 11 is 0. The highest BCUT2D eigenvalue weighted by atomic mass is 31.1. The Balaban J connectivity index is 2.25. The molecular weight excluding hydrogens is 363 g/mol. The third-order valence-electron chi connectivity index (χ3n) is 5.64. The predicted octanol–water partition coefficient (Wildman–Crippen LogP) is 6.53. The van der Waals surface area contributed by atoms with Crippen molar-refractivity contribution in [2.75, 3.05) is 0 Å². The molecule has 3 heteroatoms. The van der Waals surface area contributed by atoms with Crippen LogP contribution in [0.4, 0.5) is 0 Å². The largest absolute Gasteiger partial charge is 0.0793 e. The van der Waals surface area contributed by atoms with E-state index in [1.54, 1.807) is 5.31 Å². The lowest BCUT2D eigenvalue weighted by molar-refractivity contribution is 1.07. The quantitative estimate of drug-likeness (QED) is 0.399. The maximum atomic E-state index is 2.60. The minimum absolute atomic E-state index is 0.303. The highest BCUT2D eigenvalue weighted by molar-refractivity contribution is 7.77. The summed E-state index contributed by atoms with van der Waals surface area (Å²) in [6.07, 6.45) is 7.44. The molecule has 0 aliphatic heterocycles. The molecule has 2 aromatic carbocycles. The van der Waals surface area contributed by atoms with Crippen LogP contribution < -0.4 is 10.6 Å². The van der Waals surface area contributed by atoms with Crippen molar-refractivity contribution in [3.63, 3.8) is 0 Å². The normalized spacial score (nSPS) is 16.8. The Morgan fingerprint density at radius 3 is 1.46 bits per heavy atom. The summed E-state index contributed by atoms with van der Waals surface area (Å²) in [5, 5.41) is 4.65. The van der Waals surface area contributed by atoms with Gasteiger partial charge in [0.05, 0.1) is 16.1 Å². The topological polar surface area (TPSA) is 0 Å². The molecule has 0 radical (unpaired) electrons. The van der Waals surface area contributed by atoms with Gasteiger partial charge in [0.1, 0.15) is 0 Å². The van der Waals surface area contributed by atoms with E-state index in [9.17, 15) is 0 Å². The molecule has 0 fully saturated rings. The first-order valence-electron chi connectivity index (χ1n) is 9.49. The van der Waals surface area contributed by atoms with Crippen molar-refractivity contribution in [1.29, 1.82) is 0 Å². The standard InChI is InChI=1S/C23H31PSi2/c1-25(2,3)23(26(4,5)6)19-13-18-22(23)24(20-14-9-7-10-15-20)21-16-11-8-12-17-21/h7-19H,1-6H3. The van der Waals surface area contributed by atoms with Gasteiger partial charge in [-0.3, -0.25) is 0 Å². The minimum atomic E-state index is -1.48. The highest BCUT2D eigenvalue weighted by Gasteiger charge is 2.55. The molecule has 1 aliphatic carbocycles. The lowest BCUT2D eigenvalue weighted by Gasteiger charge is -2.52. The Labute approximate surface area is 162 Å². The van der Waals surface area contributed by atoms with Crippen molar-refractivity contribution in [3.8, 4) is 0 Å². The van der Waals surface area contributed by atoms with Crippen molar-refractivity contribution in [3.05, 3.63) is 84.2 Å². The van der Waals surface area contributed by atoms with Gasteiger partial charge < -0.3 is 0 Å². The zero-order chi connectivity index (χ0) is 19.0. The fraction of sp³-hybridized carbons (Fsp3) is 0.304. The van der Waals surface area contributed by atoms with E-state index in [2.05, 4.69) is 118 Å². The van der Waals surface area contributed by atoms with E-state index >= 15 is 0 Å². The van der Waals surface area contributed by atoms with Gasteiger partial charge in [0.2, 0.25) is 0 Å². The third-order valence-corrected chi connectivity index (χ3v) is 18.8. The van der Waals surface area contributed by atoms with Crippen LogP contribution in [0.1, 0.15) is 0 Å². The second-order valence-electron chi connectivity index (χ2n) is 9.23. The van der Waals surface area contributed by atoms with E-state index in [4.69, 9.17) is 0 Å². The van der Waals surface area contributed by atoms with Gasteiger partial charge >= 0.3 is 0 Å². The second kappa shape index (κ2) is 7.07. The van der Waals surface area contributed by atoms with Crippen LogP contribution >= 0.6 is 7.92 Å². The molecule has 0 heterocycles. The Morgan fingerprint density at radius 2 is 1.08 bits per heavy atom. The summed E-state index contributed by atoms with van der Waals surface area (Å²) in [5.74, 6) is 0. The van der Waals surface area contributed by atoms with Crippen LogP contribution in [-0.2, 0) is 0 Å². The summed E-state index contributed by atoms with van der Waals surface area (Å²) in [6, 6.07) is 22.4. The van der Waals surface area contributed by atoms with Crippen molar-refractivity contribution in [2.24, 2.45) is 0 Å². The Hall–Kier alpha value is -1.22.